The maximum Gasteiger partial charge on any atom is 0.0701 e. The van der Waals surface area contributed by atoms with E-state index in [2.05, 4.69) is 18.2 Å². The van der Waals surface area contributed by atoms with Gasteiger partial charge in [0.05, 0.1) is 19.8 Å². The number of rotatable bonds is 6. The van der Waals surface area contributed by atoms with Crippen molar-refractivity contribution in [3.8, 4) is 0 Å². The first-order chi connectivity index (χ1) is 5.91. The smallest absolute Gasteiger partial charge is 0.0701 e. The van der Waals surface area contributed by atoms with Gasteiger partial charge < -0.3 is 9.47 Å². The Morgan fingerprint density at radius 2 is 2.08 bits per heavy atom. The first-order valence-electron chi connectivity index (χ1n) is 4.68. The SMILES string of the molecule is C1CO1.C=CCOCCCCC. The van der Waals surface area contributed by atoms with Crippen LogP contribution < -0.4 is 0 Å². The van der Waals surface area contributed by atoms with Crippen LogP contribution in [0.5, 0.6) is 0 Å². The Bertz CT molecular complexity index is 87.1. The second-order valence-corrected chi connectivity index (χ2v) is 2.68. The van der Waals surface area contributed by atoms with Gasteiger partial charge in [-0.3, -0.25) is 0 Å². The summed E-state index contributed by atoms with van der Waals surface area (Å²) in [5.41, 5.74) is 0. The van der Waals surface area contributed by atoms with Crippen LogP contribution in [0.2, 0.25) is 0 Å². The zero-order chi connectivity index (χ0) is 9.07. The first-order valence-corrected chi connectivity index (χ1v) is 4.68. The minimum Gasteiger partial charge on any atom is -0.377 e. The van der Waals surface area contributed by atoms with E-state index >= 15 is 0 Å². The lowest BCUT2D eigenvalue weighted by molar-refractivity contribution is 0.158. The highest BCUT2D eigenvalue weighted by atomic mass is 16.6. The van der Waals surface area contributed by atoms with Crippen LogP contribution in [0.25, 0.3) is 0 Å². The van der Waals surface area contributed by atoms with Gasteiger partial charge >= 0.3 is 0 Å². The average molecular weight is 172 g/mol. The van der Waals surface area contributed by atoms with Crippen molar-refractivity contribution in [2.75, 3.05) is 26.4 Å². The molecule has 0 aromatic carbocycles. The molecule has 1 saturated heterocycles. The summed E-state index contributed by atoms with van der Waals surface area (Å²) in [6.45, 7) is 9.33. The maximum atomic E-state index is 5.17. The molecule has 0 bridgehead atoms. The molecule has 1 heterocycles. The van der Waals surface area contributed by atoms with Crippen LogP contribution in [0, 0.1) is 0 Å². The van der Waals surface area contributed by atoms with Gasteiger partial charge in [-0.1, -0.05) is 25.8 Å². The van der Waals surface area contributed by atoms with E-state index in [4.69, 9.17) is 4.74 Å². The molecule has 0 aromatic rings. The van der Waals surface area contributed by atoms with Gasteiger partial charge in [0.15, 0.2) is 0 Å². The molecule has 1 fully saturated rings. The largest absolute Gasteiger partial charge is 0.377 e. The van der Waals surface area contributed by atoms with E-state index in [1.807, 2.05) is 0 Å². The highest BCUT2D eigenvalue weighted by Gasteiger charge is 1.94. The van der Waals surface area contributed by atoms with E-state index in [1.165, 1.54) is 19.3 Å². The van der Waals surface area contributed by atoms with Crippen molar-refractivity contribution in [2.45, 2.75) is 26.2 Å². The van der Waals surface area contributed by atoms with E-state index in [0.29, 0.717) is 6.61 Å². The molecule has 0 unspecified atom stereocenters. The van der Waals surface area contributed by atoms with Crippen molar-refractivity contribution in [1.29, 1.82) is 0 Å². The molecule has 1 rings (SSSR count). The third-order valence-electron chi connectivity index (χ3n) is 1.33. The van der Waals surface area contributed by atoms with E-state index in [1.54, 1.807) is 6.08 Å². The van der Waals surface area contributed by atoms with Crippen molar-refractivity contribution in [3.63, 3.8) is 0 Å². The normalized spacial score (nSPS) is 13.1. The summed E-state index contributed by atoms with van der Waals surface area (Å²) in [5.74, 6) is 0. The average Bonchev–Trinajstić information content (AvgIpc) is 2.90. The minimum absolute atomic E-state index is 0.698. The van der Waals surface area contributed by atoms with Crippen LogP contribution in [0.4, 0.5) is 0 Å². The fourth-order valence-corrected chi connectivity index (χ4v) is 0.621. The molecular formula is C10H20O2. The highest BCUT2D eigenvalue weighted by molar-refractivity contribution is 4.63. The molecular weight excluding hydrogens is 152 g/mol. The first kappa shape index (κ1) is 11.7. The second kappa shape index (κ2) is 10.7. The molecule has 1 aliphatic heterocycles. The number of unbranched alkanes of at least 4 members (excludes halogenated alkanes) is 2. The van der Waals surface area contributed by atoms with E-state index < -0.39 is 0 Å². The summed E-state index contributed by atoms with van der Waals surface area (Å²) in [7, 11) is 0. The molecule has 2 nitrogen and oxygen atoms in total. The molecule has 0 saturated carbocycles. The van der Waals surface area contributed by atoms with Crippen LogP contribution in [0.1, 0.15) is 26.2 Å². The van der Waals surface area contributed by atoms with Crippen LogP contribution in [-0.2, 0) is 9.47 Å². The van der Waals surface area contributed by atoms with Crippen molar-refractivity contribution < 1.29 is 9.47 Å². The van der Waals surface area contributed by atoms with Crippen molar-refractivity contribution in [2.24, 2.45) is 0 Å². The van der Waals surface area contributed by atoms with Gasteiger partial charge in [-0.05, 0) is 6.42 Å². The summed E-state index contributed by atoms with van der Waals surface area (Å²) in [4.78, 5) is 0. The van der Waals surface area contributed by atoms with Gasteiger partial charge in [-0.25, -0.2) is 0 Å². The molecule has 2 heteroatoms. The summed E-state index contributed by atoms with van der Waals surface area (Å²) < 4.78 is 9.67. The number of epoxide rings is 1. The maximum absolute atomic E-state index is 5.17. The van der Waals surface area contributed by atoms with Crippen molar-refractivity contribution in [1.82, 2.24) is 0 Å². The Morgan fingerprint density at radius 1 is 1.42 bits per heavy atom. The van der Waals surface area contributed by atoms with Crippen LogP contribution in [0.3, 0.4) is 0 Å². The Kier molecular flexibility index (Phi) is 10.4. The van der Waals surface area contributed by atoms with Gasteiger partial charge in [0, 0.05) is 6.61 Å². The van der Waals surface area contributed by atoms with Crippen LogP contribution in [0.15, 0.2) is 12.7 Å². The zero-order valence-corrected chi connectivity index (χ0v) is 8.05. The lowest BCUT2D eigenvalue weighted by Gasteiger charge is -1.97. The van der Waals surface area contributed by atoms with Crippen LogP contribution in [-0.4, -0.2) is 26.4 Å². The van der Waals surface area contributed by atoms with Gasteiger partial charge in [0.25, 0.3) is 0 Å². The molecule has 0 N–H and O–H groups in total. The van der Waals surface area contributed by atoms with Gasteiger partial charge in [0.1, 0.15) is 0 Å². The van der Waals surface area contributed by atoms with E-state index in [-0.39, 0.29) is 0 Å². The molecule has 0 aliphatic carbocycles. The minimum atomic E-state index is 0.698. The standard InChI is InChI=1S/C8H16O.C2H4O/c1-3-5-6-8-9-7-4-2;1-2-3-1/h4H,2-3,5-8H2,1H3;1-2H2. The molecule has 0 radical (unpaired) electrons. The summed E-state index contributed by atoms with van der Waals surface area (Å²) in [6.07, 6.45) is 5.50. The molecule has 12 heavy (non-hydrogen) atoms. The fraction of sp³-hybridized carbons (Fsp3) is 0.800. The summed E-state index contributed by atoms with van der Waals surface area (Å²) in [6, 6.07) is 0. The highest BCUT2D eigenvalue weighted by Crippen LogP contribution is 1.93. The lowest BCUT2D eigenvalue weighted by Crippen LogP contribution is -1.92. The molecule has 1 aliphatic rings. The Morgan fingerprint density at radius 3 is 2.50 bits per heavy atom. The molecule has 0 atom stereocenters. The molecule has 0 spiro atoms. The predicted molar refractivity (Wildman–Crippen MR) is 51.4 cm³/mol. The van der Waals surface area contributed by atoms with E-state index in [9.17, 15) is 0 Å². The number of hydrogen-bond donors (Lipinski definition) is 0. The third-order valence-corrected chi connectivity index (χ3v) is 1.33. The zero-order valence-electron chi connectivity index (χ0n) is 8.05. The second-order valence-electron chi connectivity index (χ2n) is 2.68. The van der Waals surface area contributed by atoms with Crippen molar-refractivity contribution >= 4 is 0 Å². The van der Waals surface area contributed by atoms with Gasteiger partial charge in [-0.15, -0.1) is 6.58 Å². The number of hydrogen-bond acceptors (Lipinski definition) is 2. The van der Waals surface area contributed by atoms with Gasteiger partial charge in [-0.2, -0.15) is 0 Å². The molecule has 0 amide bonds. The van der Waals surface area contributed by atoms with Gasteiger partial charge in [0.2, 0.25) is 0 Å². The topological polar surface area (TPSA) is 21.8 Å². The molecule has 0 aromatic heterocycles. The predicted octanol–water partition coefficient (Wildman–Crippen LogP) is 2.40. The lowest BCUT2D eigenvalue weighted by atomic mass is 10.3. The quantitative estimate of drug-likeness (QED) is 0.348. The Hall–Kier alpha value is -0.340. The third kappa shape index (κ3) is 16.3. The summed E-state index contributed by atoms with van der Waals surface area (Å²) in [5, 5.41) is 0. The summed E-state index contributed by atoms with van der Waals surface area (Å²) >= 11 is 0. The number of ether oxygens (including phenoxy) is 2. The van der Waals surface area contributed by atoms with Crippen LogP contribution >= 0.6 is 0 Å². The Balaban J connectivity index is 0.000000330. The fourth-order valence-electron chi connectivity index (χ4n) is 0.621. The molecule has 72 valence electrons. The monoisotopic (exact) mass is 172 g/mol. The van der Waals surface area contributed by atoms with E-state index in [0.717, 1.165) is 19.8 Å². The Labute approximate surface area is 75.6 Å². The van der Waals surface area contributed by atoms with Crippen molar-refractivity contribution in [3.05, 3.63) is 12.7 Å².